The first-order chi connectivity index (χ1) is 10.4. The molecule has 3 amide bonds. The number of carbonyl (C=O) groups excluding carboxylic acids is 2. The van der Waals surface area contributed by atoms with E-state index in [1.807, 2.05) is 6.07 Å². The second kappa shape index (κ2) is 6.34. The lowest BCUT2D eigenvalue weighted by Gasteiger charge is -2.21. The van der Waals surface area contributed by atoms with Gasteiger partial charge in [-0.1, -0.05) is 12.1 Å². The lowest BCUT2D eigenvalue weighted by atomic mass is 9.96. The number of aliphatic imine (C=N–C) groups is 1. The Labute approximate surface area is 151 Å². The van der Waals surface area contributed by atoms with Crippen LogP contribution in [0.1, 0.15) is 25.3 Å². The van der Waals surface area contributed by atoms with Crippen molar-refractivity contribution in [2.24, 2.45) is 22.4 Å². The molecule has 23 heavy (non-hydrogen) atoms. The van der Waals surface area contributed by atoms with Gasteiger partial charge in [0.25, 0.3) is 5.91 Å². The number of rotatable bonds is 4. The molecule has 1 aliphatic carbocycles. The van der Waals surface area contributed by atoms with Gasteiger partial charge in [-0.2, -0.15) is 0 Å². The van der Waals surface area contributed by atoms with Gasteiger partial charge in [0.1, 0.15) is 5.54 Å². The minimum absolute atomic E-state index is 0. The molecule has 1 atom stereocenters. The molecule has 2 fully saturated rings. The molecule has 7 nitrogen and oxygen atoms in total. The maximum Gasteiger partial charge on any atom is 0.329 e. The molecule has 1 aromatic carbocycles. The number of nitrogens with one attached hydrogen (secondary N) is 1. The zero-order chi connectivity index (χ0) is 15.9. The Bertz CT molecular complexity index is 670. The minimum Gasteiger partial charge on any atom is -0.370 e. The van der Waals surface area contributed by atoms with Gasteiger partial charge in [0, 0.05) is 0 Å². The Morgan fingerprint density at radius 3 is 2.70 bits per heavy atom. The molecular weight excluding hydrogens is 409 g/mol. The second-order valence-electron chi connectivity index (χ2n) is 5.96. The quantitative estimate of drug-likeness (QED) is 0.290. The fourth-order valence-corrected chi connectivity index (χ4v) is 2.80. The molecule has 1 saturated carbocycles. The van der Waals surface area contributed by atoms with E-state index >= 15 is 0 Å². The molecule has 1 heterocycles. The Morgan fingerprint density at radius 1 is 1.39 bits per heavy atom. The van der Waals surface area contributed by atoms with Crippen molar-refractivity contribution in [1.29, 1.82) is 0 Å². The molecule has 0 bridgehead atoms. The third-order valence-corrected chi connectivity index (χ3v) is 4.22. The van der Waals surface area contributed by atoms with Crippen LogP contribution in [0.4, 0.5) is 10.5 Å². The first kappa shape index (κ1) is 17.5. The van der Waals surface area contributed by atoms with Gasteiger partial charge in [0.15, 0.2) is 5.96 Å². The zero-order valence-corrected chi connectivity index (χ0v) is 15.1. The van der Waals surface area contributed by atoms with Crippen molar-refractivity contribution >= 4 is 47.6 Å². The fraction of sp³-hybridized carbons (Fsp3) is 0.400. The third kappa shape index (κ3) is 3.26. The predicted molar refractivity (Wildman–Crippen MR) is 98.5 cm³/mol. The number of guanidine groups is 1. The molecular formula is C15H20IN5O2. The zero-order valence-electron chi connectivity index (χ0n) is 12.8. The van der Waals surface area contributed by atoms with Crippen LogP contribution >= 0.6 is 24.0 Å². The number of nitrogens with zero attached hydrogens (tertiary/aromatic N) is 2. The molecule has 0 radical (unpaired) electrons. The predicted octanol–water partition coefficient (Wildman–Crippen LogP) is 1.30. The number of hydrogen-bond donors (Lipinski definition) is 3. The first-order valence-electron chi connectivity index (χ1n) is 7.23. The van der Waals surface area contributed by atoms with Gasteiger partial charge in [-0.15, -0.1) is 24.0 Å². The number of amides is 3. The third-order valence-electron chi connectivity index (χ3n) is 4.22. The standard InChI is InChI=1S/C15H19N5O2.HI/c1-15(10-5-6-10)12(21)20(14(22)19-15)11-4-2-3-9(7-11)8-18-13(16)17;/h2-4,7,10H,5-6,8H2,1H3,(H,19,22)(H4,16,17,18);1H. The summed E-state index contributed by atoms with van der Waals surface area (Å²) >= 11 is 0. The van der Waals surface area contributed by atoms with Gasteiger partial charge in [-0.25, -0.2) is 14.7 Å². The number of urea groups is 1. The molecule has 0 spiro atoms. The van der Waals surface area contributed by atoms with Crippen LogP contribution in [0.15, 0.2) is 29.3 Å². The fourth-order valence-electron chi connectivity index (χ4n) is 2.80. The van der Waals surface area contributed by atoms with Crippen molar-refractivity contribution in [3.63, 3.8) is 0 Å². The number of imide groups is 1. The van der Waals surface area contributed by atoms with Crippen LogP contribution in [0.5, 0.6) is 0 Å². The number of anilines is 1. The minimum atomic E-state index is -0.785. The molecule has 1 unspecified atom stereocenters. The van der Waals surface area contributed by atoms with E-state index in [0.717, 1.165) is 18.4 Å². The Morgan fingerprint density at radius 2 is 2.09 bits per heavy atom. The van der Waals surface area contributed by atoms with E-state index < -0.39 is 5.54 Å². The van der Waals surface area contributed by atoms with Crippen LogP contribution in [0, 0.1) is 5.92 Å². The monoisotopic (exact) mass is 429 g/mol. The van der Waals surface area contributed by atoms with Crippen molar-refractivity contribution in [2.45, 2.75) is 31.8 Å². The summed E-state index contributed by atoms with van der Waals surface area (Å²) in [6, 6.07) is 6.73. The summed E-state index contributed by atoms with van der Waals surface area (Å²) in [6.45, 7) is 2.11. The van der Waals surface area contributed by atoms with E-state index in [9.17, 15) is 9.59 Å². The molecule has 1 aromatic rings. The molecule has 1 saturated heterocycles. The van der Waals surface area contributed by atoms with Gasteiger partial charge in [-0.05, 0) is 43.4 Å². The van der Waals surface area contributed by atoms with Gasteiger partial charge in [0.2, 0.25) is 0 Å². The van der Waals surface area contributed by atoms with Gasteiger partial charge in [0.05, 0.1) is 12.2 Å². The molecule has 124 valence electrons. The molecule has 8 heteroatoms. The topological polar surface area (TPSA) is 114 Å². The lowest BCUT2D eigenvalue weighted by molar-refractivity contribution is -0.122. The summed E-state index contributed by atoms with van der Waals surface area (Å²) in [5.74, 6) is 0.0412. The molecule has 0 aromatic heterocycles. The largest absolute Gasteiger partial charge is 0.370 e. The number of benzene rings is 1. The van der Waals surface area contributed by atoms with Crippen molar-refractivity contribution in [3.8, 4) is 0 Å². The summed E-state index contributed by atoms with van der Waals surface area (Å²) < 4.78 is 0. The summed E-state index contributed by atoms with van der Waals surface area (Å²) in [5.41, 5.74) is 11.2. The van der Waals surface area contributed by atoms with Crippen LogP contribution in [0.3, 0.4) is 0 Å². The molecule has 3 rings (SSSR count). The van der Waals surface area contributed by atoms with Gasteiger partial charge in [-0.3, -0.25) is 4.79 Å². The summed E-state index contributed by atoms with van der Waals surface area (Å²) in [5, 5.41) is 2.83. The average Bonchev–Trinajstić information content (AvgIpc) is 3.27. The summed E-state index contributed by atoms with van der Waals surface area (Å²) in [6.07, 6.45) is 1.95. The second-order valence-corrected chi connectivity index (χ2v) is 5.96. The smallest absolute Gasteiger partial charge is 0.329 e. The number of carbonyl (C=O) groups is 2. The van der Waals surface area contributed by atoms with E-state index in [4.69, 9.17) is 11.5 Å². The highest BCUT2D eigenvalue weighted by Gasteiger charge is 2.56. The van der Waals surface area contributed by atoms with Crippen molar-refractivity contribution < 1.29 is 9.59 Å². The molecule has 1 aliphatic heterocycles. The number of hydrogen-bond acceptors (Lipinski definition) is 3. The van der Waals surface area contributed by atoms with E-state index in [1.54, 1.807) is 25.1 Å². The first-order valence-corrected chi connectivity index (χ1v) is 7.23. The van der Waals surface area contributed by atoms with E-state index in [2.05, 4.69) is 10.3 Å². The Kier molecular flexibility index (Phi) is 4.83. The van der Waals surface area contributed by atoms with E-state index in [1.165, 1.54) is 4.90 Å². The van der Waals surface area contributed by atoms with Crippen molar-refractivity contribution in [1.82, 2.24) is 5.32 Å². The van der Waals surface area contributed by atoms with Crippen LogP contribution in [-0.4, -0.2) is 23.4 Å². The Hall–Kier alpha value is -1.84. The molecule has 5 N–H and O–H groups in total. The van der Waals surface area contributed by atoms with Crippen LogP contribution in [0.2, 0.25) is 0 Å². The highest BCUT2D eigenvalue weighted by Crippen LogP contribution is 2.43. The number of halogens is 1. The lowest BCUT2D eigenvalue weighted by Crippen LogP contribution is -2.46. The highest BCUT2D eigenvalue weighted by molar-refractivity contribution is 14.0. The Balaban J connectivity index is 0.00000192. The maximum atomic E-state index is 12.7. The van der Waals surface area contributed by atoms with Gasteiger partial charge >= 0.3 is 6.03 Å². The summed E-state index contributed by atoms with van der Waals surface area (Å²) in [7, 11) is 0. The maximum absolute atomic E-state index is 12.7. The SMILES string of the molecule is CC1(C2CC2)NC(=O)N(c2cccc(CN=C(N)N)c2)C1=O.I. The van der Waals surface area contributed by atoms with E-state index in [0.29, 0.717) is 12.2 Å². The van der Waals surface area contributed by atoms with Crippen LogP contribution in [0.25, 0.3) is 0 Å². The van der Waals surface area contributed by atoms with Crippen LogP contribution < -0.4 is 21.7 Å². The average molecular weight is 429 g/mol. The normalized spacial score (nSPS) is 23.3. The van der Waals surface area contributed by atoms with Crippen molar-refractivity contribution in [2.75, 3.05) is 4.90 Å². The van der Waals surface area contributed by atoms with Gasteiger partial charge < -0.3 is 16.8 Å². The van der Waals surface area contributed by atoms with Crippen LogP contribution in [-0.2, 0) is 11.3 Å². The molecule has 2 aliphatic rings. The summed E-state index contributed by atoms with van der Waals surface area (Å²) in [4.78, 5) is 30.1. The van der Waals surface area contributed by atoms with E-state index in [-0.39, 0.29) is 47.8 Å². The highest BCUT2D eigenvalue weighted by atomic mass is 127. The van der Waals surface area contributed by atoms with Crippen molar-refractivity contribution in [3.05, 3.63) is 29.8 Å². The number of nitrogens with two attached hydrogens (primary N) is 2.